The lowest BCUT2D eigenvalue weighted by atomic mass is 9.90. The van der Waals surface area contributed by atoms with Crippen LogP contribution < -0.4 is 5.32 Å². The molecule has 0 aromatic heterocycles. The van der Waals surface area contributed by atoms with E-state index in [1.165, 1.54) is 25.7 Å². The predicted octanol–water partition coefficient (Wildman–Crippen LogP) is 1.61. The summed E-state index contributed by atoms with van der Waals surface area (Å²) in [4.78, 5) is 2.38. The molecule has 0 aliphatic carbocycles. The standard InChI is InChI=1S/C14H28N2O/c1-10(2)14(3,17)9-16(4)13-7-11-5-6-12(8-13)15-11/h10-13,15,17H,5-9H2,1-4H3. The second kappa shape index (κ2) is 4.87. The Balaban J connectivity index is 1.90. The smallest absolute Gasteiger partial charge is 0.0768 e. The largest absolute Gasteiger partial charge is 0.389 e. The monoisotopic (exact) mass is 240 g/mol. The van der Waals surface area contributed by atoms with Crippen molar-refractivity contribution in [1.82, 2.24) is 10.2 Å². The van der Waals surface area contributed by atoms with Gasteiger partial charge in [-0.05, 0) is 45.6 Å². The number of aliphatic hydroxyl groups is 1. The first-order chi connectivity index (χ1) is 7.88. The summed E-state index contributed by atoms with van der Waals surface area (Å²) in [6.07, 6.45) is 5.19. The highest BCUT2D eigenvalue weighted by Crippen LogP contribution is 2.30. The van der Waals surface area contributed by atoms with E-state index >= 15 is 0 Å². The van der Waals surface area contributed by atoms with Crippen molar-refractivity contribution in [2.45, 2.75) is 70.2 Å². The Morgan fingerprint density at radius 2 is 1.82 bits per heavy atom. The van der Waals surface area contributed by atoms with Gasteiger partial charge >= 0.3 is 0 Å². The number of hydrogen-bond acceptors (Lipinski definition) is 3. The molecule has 2 bridgehead atoms. The molecule has 3 unspecified atom stereocenters. The SMILES string of the molecule is CC(C)C(C)(O)CN(C)C1CC2CCC(C1)N2. The summed E-state index contributed by atoms with van der Waals surface area (Å²) in [5, 5.41) is 14.1. The van der Waals surface area contributed by atoms with Gasteiger partial charge in [-0.25, -0.2) is 0 Å². The van der Waals surface area contributed by atoms with Gasteiger partial charge in [-0.2, -0.15) is 0 Å². The molecule has 3 nitrogen and oxygen atoms in total. The van der Waals surface area contributed by atoms with E-state index in [0.717, 1.165) is 18.6 Å². The van der Waals surface area contributed by atoms with Gasteiger partial charge < -0.3 is 15.3 Å². The number of hydrogen-bond donors (Lipinski definition) is 2. The zero-order valence-electron chi connectivity index (χ0n) is 11.7. The summed E-state index contributed by atoms with van der Waals surface area (Å²) < 4.78 is 0. The number of likely N-dealkylation sites (N-methyl/N-ethyl adjacent to an activating group) is 1. The molecule has 3 heteroatoms. The number of fused-ring (bicyclic) bond motifs is 2. The highest BCUT2D eigenvalue weighted by Gasteiger charge is 2.37. The average molecular weight is 240 g/mol. The fraction of sp³-hybridized carbons (Fsp3) is 1.00. The maximum absolute atomic E-state index is 10.4. The van der Waals surface area contributed by atoms with E-state index in [-0.39, 0.29) is 0 Å². The average Bonchev–Trinajstić information content (AvgIpc) is 2.56. The van der Waals surface area contributed by atoms with Crippen molar-refractivity contribution in [3.05, 3.63) is 0 Å². The molecule has 0 spiro atoms. The predicted molar refractivity (Wildman–Crippen MR) is 71.1 cm³/mol. The van der Waals surface area contributed by atoms with Gasteiger partial charge in [-0.1, -0.05) is 13.8 Å². The van der Waals surface area contributed by atoms with Gasteiger partial charge in [0.15, 0.2) is 0 Å². The minimum Gasteiger partial charge on any atom is -0.389 e. The third-order valence-corrected chi connectivity index (χ3v) is 4.88. The molecule has 2 aliphatic rings. The Labute approximate surface area is 106 Å². The van der Waals surface area contributed by atoms with Crippen molar-refractivity contribution in [3.8, 4) is 0 Å². The lowest BCUT2D eigenvalue weighted by Crippen LogP contribution is -2.52. The van der Waals surface area contributed by atoms with E-state index in [1.54, 1.807) is 0 Å². The van der Waals surface area contributed by atoms with Crippen molar-refractivity contribution < 1.29 is 5.11 Å². The molecule has 0 saturated carbocycles. The zero-order valence-corrected chi connectivity index (χ0v) is 11.7. The molecular weight excluding hydrogens is 212 g/mol. The number of piperidine rings is 1. The van der Waals surface area contributed by atoms with E-state index in [1.807, 2.05) is 6.92 Å². The van der Waals surface area contributed by atoms with Crippen LogP contribution in [0.4, 0.5) is 0 Å². The van der Waals surface area contributed by atoms with Crippen LogP contribution in [0.25, 0.3) is 0 Å². The topological polar surface area (TPSA) is 35.5 Å². The molecule has 2 rings (SSSR count). The zero-order chi connectivity index (χ0) is 12.6. The van der Waals surface area contributed by atoms with Gasteiger partial charge in [0.25, 0.3) is 0 Å². The third kappa shape index (κ3) is 3.01. The van der Waals surface area contributed by atoms with Crippen LogP contribution in [-0.2, 0) is 0 Å². The maximum Gasteiger partial charge on any atom is 0.0768 e. The first-order valence-electron chi connectivity index (χ1n) is 7.07. The van der Waals surface area contributed by atoms with E-state index in [4.69, 9.17) is 0 Å². The maximum atomic E-state index is 10.4. The molecule has 2 heterocycles. The minimum absolute atomic E-state index is 0.309. The molecule has 100 valence electrons. The highest BCUT2D eigenvalue weighted by molar-refractivity contribution is 4.96. The van der Waals surface area contributed by atoms with Crippen LogP contribution in [0.1, 0.15) is 46.5 Å². The van der Waals surface area contributed by atoms with Crippen molar-refractivity contribution in [3.63, 3.8) is 0 Å². The van der Waals surface area contributed by atoms with Crippen LogP contribution in [0, 0.1) is 5.92 Å². The molecule has 2 N–H and O–H groups in total. The molecule has 17 heavy (non-hydrogen) atoms. The normalized spacial score (nSPS) is 36.5. The number of rotatable bonds is 4. The third-order valence-electron chi connectivity index (χ3n) is 4.88. The number of nitrogens with one attached hydrogen (secondary N) is 1. The summed E-state index contributed by atoms with van der Waals surface area (Å²) in [6, 6.07) is 2.11. The summed E-state index contributed by atoms with van der Waals surface area (Å²) in [5.41, 5.74) is -0.571. The Kier molecular flexibility index (Phi) is 3.81. The second-order valence-electron chi connectivity index (χ2n) is 6.69. The van der Waals surface area contributed by atoms with Crippen molar-refractivity contribution in [2.24, 2.45) is 5.92 Å². The Morgan fingerprint density at radius 1 is 1.29 bits per heavy atom. The van der Waals surface area contributed by atoms with Crippen LogP contribution in [0.5, 0.6) is 0 Å². The Hall–Kier alpha value is -0.120. The van der Waals surface area contributed by atoms with Crippen molar-refractivity contribution >= 4 is 0 Å². The Morgan fingerprint density at radius 3 is 2.29 bits per heavy atom. The van der Waals surface area contributed by atoms with Gasteiger partial charge in [0.05, 0.1) is 5.60 Å². The molecule has 0 radical (unpaired) electrons. The molecule has 2 fully saturated rings. The lowest BCUT2D eigenvalue weighted by Gasteiger charge is -2.40. The quantitative estimate of drug-likeness (QED) is 0.783. The van der Waals surface area contributed by atoms with Crippen LogP contribution in [-0.4, -0.2) is 47.3 Å². The summed E-state index contributed by atoms with van der Waals surface area (Å²) in [5.74, 6) is 0.309. The van der Waals surface area contributed by atoms with Crippen LogP contribution >= 0.6 is 0 Å². The van der Waals surface area contributed by atoms with E-state index in [9.17, 15) is 5.11 Å². The molecule has 0 aromatic carbocycles. The lowest BCUT2D eigenvalue weighted by molar-refractivity contribution is -0.0265. The van der Waals surface area contributed by atoms with Gasteiger partial charge in [0.1, 0.15) is 0 Å². The minimum atomic E-state index is -0.571. The fourth-order valence-electron chi connectivity index (χ4n) is 3.20. The summed E-state index contributed by atoms with van der Waals surface area (Å²) >= 11 is 0. The van der Waals surface area contributed by atoms with Gasteiger partial charge in [-0.3, -0.25) is 0 Å². The van der Waals surface area contributed by atoms with Gasteiger partial charge in [0.2, 0.25) is 0 Å². The van der Waals surface area contributed by atoms with E-state index in [2.05, 4.69) is 31.1 Å². The molecule has 2 saturated heterocycles. The molecule has 0 amide bonds. The van der Waals surface area contributed by atoms with E-state index < -0.39 is 5.60 Å². The Bertz CT molecular complexity index is 253. The molecule has 2 aliphatic heterocycles. The van der Waals surface area contributed by atoms with Crippen molar-refractivity contribution in [2.75, 3.05) is 13.6 Å². The summed E-state index contributed by atoms with van der Waals surface area (Å²) in [7, 11) is 2.17. The van der Waals surface area contributed by atoms with Crippen LogP contribution in [0.2, 0.25) is 0 Å². The number of nitrogens with zero attached hydrogens (tertiary/aromatic N) is 1. The fourth-order valence-corrected chi connectivity index (χ4v) is 3.20. The van der Waals surface area contributed by atoms with Crippen LogP contribution in [0.3, 0.4) is 0 Å². The summed E-state index contributed by atoms with van der Waals surface area (Å²) in [6.45, 7) is 6.94. The van der Waals surface area contributed by atoms with E-state index in [0.29, 0.717) is 12.0 Å². The van der Waals surface area contributed by atoms with Gasteiger partial charge in [-0.15, -0.1) is 0 Å². The van der Waals surface area contributed by atoms with Crippen LogP contribution in [0.15, 0.2) is 0 Å². The first kappa shape index (κ1) is 13.3. The first-order valence-corrected chi connectivity index (χ1v) is 7.07. The molecule has 3 atom stereocenters. The van der Waals surface area contributed by atoms with Gasteiger partial charge in [0, 0.05) is 24.7 Å². The van der Waals surface area contributed by atoms with Crippen molar-refractivity contribution in [1.29, 1.82) is 0 Å². The highest BCUT2D eigenvalue weighted by atomic mass is 16.3. The molecule has 0 aromatic rings. The molecular formula is C14H28N2O. The second-order valence-corrected chi connectivity index (χ2v) is 6.69.